The third kappa shape index (κ3) is 2.31. The van der Waals surface area contributed by atoms with Gasteiger partial charge >= 0.3 is 0 Å². The molecule has 0 bridgehead atoms. The van der Waals surface area contributed by atoms with Crippen molar-refractivity contribution >= 4 is 5.69 Å². The number of piperidine rings is 1. The van der Waals surface area contributed by atoms with Crippen molar-refractivity contribution in [3.63, 3.8) is 0 Å². The predicted molar refractivity (Wildman–Crippen MR) is 71.0 cm³/mol. The Labute approximate surface area is 104 Å². The molecule has 3 nitrogen and oxygen atoms in total. The fraction of sp³-hybridized carbons (Fsp3) is 0.571. The van der Waals surface area contributed by atoms with Gasteiger partial charge in [-0.3, -0.25) is 0 Å². The van der Waals surface area contributed by atoms with Crippen LogP contribution >= 0.6 is 0 Å². The summed E-state index contributed by atoms with van der Waals surface area (Å²) in [5, 5.41) is 0. The zero-order valence-corrected chi connectivity index (χ0v) is 11.0. The molecular weight excluding hydrogens is 212 g/mol. The Balaban J connectivity index is 2.34. The number of likely N-dealkylation sites (tertiary alicyclic amines) is 1. The predicted octanol–water partition coefficient (Wildman–Crippen LogP) is 2.14. The summed E-state index contributed by atoms with van der Waals surface area (Å²) in [4.78, 5) is 2.35. The molecule has 94 valence electrons. The Morgan fingerprint density at radius 2 is 1.94 bits per heavy atom. The standard InChI is InChI=1S/C14H22N2O/c1-11-10-12(15)4-5-13(11)14(17-3)6-8-16(2)9-7-14/h4-5,10H,6-9,15H2,1-3H3. The minimum Gasteiger partial charge on any atom is -0.399 e. The van der Waals surface area contributed by atoms with E-state index in [0.29, 0.717) is 0 Å². The SMILES string of the molecule is COC1(c2ccc(N)cc2C)CCN(C)CC1. The fourth-order valence-electron chi connectivity index (χ4n) is 2.76. The maximum atomic E-state index is 5.87. The first-order chi connectivity index (χ1) is 8.07. The molecule has 0 amide bonds. The summed E-state index contributed by atoms with van der Waals surface area (Å²) in [5.41, 5.74) is 9.04. The molecule has 0 saturated carbocycles. The van der Waals surface area contributed by atoms with Gasteiger partial charge in [0.05, 0.1) is 5.60 Å². The van der Waals surface area contributed by atoms with Crippen molar-refractivity contribution < 1.29 is 4.74 Å². The van der Waals surface area contributed by atoms with Gasteiger partial charge in [0.25, 0.3) is 0 Å². The second-order valence-corrected chi connectivity index (χ2v) is 5.08. The molecule has 0 unspecified atom stereocenters. The number of anilines is 1. The molecule has 1 aromatic rings. The van der Waals surface area contributed by atoms with E-state index in [2.05, 4.69) is 24.9 Å². The van der Waals surface area contributed by atoms with Crippen LogP contribution in [-0.4, -0.2) is 32.1 Å². The average molecular weight is 234 g/mol. The summed E-state index contributed by atoms with van der Waals surface area (Å²) < 4.78 is 5.87. The second kappa shape index (κ2) is 4.67. The third-order valence-corrected chi connectivity index (χ3v) is 3.93. The van der Waals surface area contributed by atoms with E-state index in [1.165, 1.54) is 11.1 Å². The van der Waals surface area contributed by atoms with E-state index < -0.39 is 0 Å². The molecule has 2 N–H and O–H groups in total. The Morgan fingerprint density at radius 1 is 1.29 bits per heavy atom. The van der Waals surface area contributed by atoms with Gasteiger partial charge in [-0.2, -0.15) is 0 Å². The maximum Gasteiger partial charge on any atom is 0.0954 e. The number of rotatable bonds is 2. The number of methoxy groups -OCH3 is 1. The molecule has 1 heterocycles. The van der Waals surface area contributed by atoms with Gasteiger partial charge in [-0.05, 0) is 50.1 Å². The van der Waals surface area contributed by atoms with E-state index in [9.17, 15) is 0 Å². The minimum atomic E-state index is -0.121. The molecule has 0 radical (unpaired) electrons. The Morgan fingerprint density at radius 3 is 2.47 bits per heavy atom. The normalized spacial score (nSPS) is 20.4. The van der Waals surface area contributed by atoms with Gasteiger partial charge < -0.3 is 15.4 Å². The van der Waals surface area contributed by atoms with Crippen LogP contribution in [0.5, 0.6) is 0 Å². The van der Waals surface area contributed by atoms with E-state index in [4.69, 9.17) is 10.5 Å². The maximum absolute atomic E-state index is 5.87. The molecule has 17 heavy (non-hydrogen) atoms. The topological polar surface area (TPSA) is 38.5 Å². The van der Waals surface area contributed by atoms with E-state index in [0.717, 1.165) is 31.6 Å². The highest BCUT2D eigenvalue weighted by Gasteiger charge is 2.36. The Kier molecular flexibility index (Phi) is 3.40. The fourth-order valence-corrected chi connectivity index (χ4v) is 2.76. The quantitative estimate of drug-likeness (QED) is 0.797. The van der Waals surface area contributed by atoms with Crippen LogP contribution in [0.2, 0.25) is 0 Å². The molecule has 1 aliphatic heterocycles. The lowest BCUT2D eigenvalue weighted by atomic mass is 9.82. The van der Waals surface area contributed by atoms with Crippen LogP contribution in [0.15, 0.2) is 18.2 Å². The molecule has 0 spiro atoms. The van der Waals surface area contributed by atoms with E-state index in [1.807, 2.05) is 19.2 Å². The smallest absolute Gasteiger partial charge is 0.0954 e. The van der Waals surface area contributed by atoms with Crippen LogP contribution < -0.4 is 5.73 Å². The monoisotopic (exact) mass is 234 g/mol. The highest BCUT2D eigenvalue weighted by Crippen LogP contribution is 2.37. The van der Waals surface area contributed by atoms with Crippen LogP contribution in [0.1, 0.15) is 24.0 Å². The van der Waals surface area contributed by atoms with E-state index >= 15 is 0 Å². The summed E-state index contributed by atoms with van der Waals surface area (Å²) in [6.45, 7) is 4.28. The number of nitrogens with zero attached hydrogens (tertiary/aromatic N) is 1. The van der Waals surface area contributed by atoms with Gasteiger partial charge in [-0.1, -0.05) is 6.07 Å². The third-order valence-electron chi connectivity index (χ3n) is 3.93. The van der Waals surface area contributed by atoms with Crippen LogP contribution in [0, 0.1) is 6.92 Å². The van der Waals surface area contributed by atoms with Crippen LogP contribution in [0.4, 0.5) is 5.69 Å². The lowest BCUT2D eigenvalue weighted by molar-refractivity contribution is -0.0589. The molecule has 2 rings (SSSR count). The van der Waals surface area contributed by atoms with Crippen LogP contribution in [0.3, 0.4) is 0 Å². The van der Waals surface area contributed by atoms with Gasteiger partial charge in [0, 0.05) is 25.9 Å². The zero-order valence-electron chi connectivity index (χ0n) is 11.0. The summed E-state index contributed by atoms with van der Waals surface area (Å²) >= 11 is 0. The lowest BCUT2D eigenvalue weighted by Crippen LogP contribution is -2.42. The molecule has 1 fully saturated rings. The first kappa shape index (κ1) is 12.4. The van der Waals surface area contributed by atoms with Gasteiger partial charge in [-0.25, -0.2) is 0 Å². The van der Waals surface area contributed by atoms with Crippen molar-refractivity contribution in [2.24, 2.45) is 0 Å². The van der Waals surface area contributed by atoms with Crippen LogP contribution in [0.25, 0.3) is 0 Å². The Hall–Kier alpha value is -1.06. The Bertz CT molecular complexity index is 395. The molecule has 3 heteroatoms. The molecule has 1 aromatic carbocycles. The summed E-state index contributed by atoms with van der Waals surface area (Å²) in [7, 11) is 3.98. The first-order valence-corrected chi connectivity index (χ1v) is 6.18. The van der Waals surface area contributed by atoms with Crippen molar-refractivity contribution in [1.82, 2.24) is 4.90 Å². The number of nitrogen functional groups attached to an aromatic ring is 1. The lowest BCUT2D eigenvalue weighted by Gasteiger charge is -2.40. The first-order valence-electron chi connectivity index (χ1n) is 6.18. The van der Waals surface area contributed by atoms with Crippen LogP contribution in [-0.2, 0) is 10.3 Å². The van der Waals surface area contributed by atoms with Crippen molar-refractivity contribution in [1.29, 1.82) is 0 Å². The molecule has 0 aliphatic carbocycles. The number of hydrogen-bond acceptors (Lipinski definition) is 3. The molecule has 0 aromatic heterocycles. The van der Waals surface area contributed by atoms with Crippen molar-refractivity contribution in [2.45, 2.75) is 25.4 Å². The summed E-state index contributed by atoms with van der Waals surface area (Å²) in [6.07, 6.45) is 2.09. The summed E-state index contributed by atoms with van der Waals surface area (Å²) in [6, 6.07) is 6.13. The number of hydrogen-bond donors (Lipinski definition) is 1. The number of ether oxygens (including phenoxy) is 1. The molecular formula is C14H22N2O. The average Bonchev–Trinajstić information content (AvgIpc) is 2.31. The largest absolute Gasteiger partial charge is 0.399 e. The van der Waals surface area contributed by atoms with Gasteiger partial charge in [0.1, 0.15) is 0 Å². The van der Waals surface area contributed by atoms with Gasteiger partial charge in [0.15, 0.2) is 0 Å². The highest BCUT2D eigenvalue weighted by molar-refractivity contribution is 5.46. The van der Waals surface area contributed by atoms with E-state index in [1.54, 1.807) is 0 Å². The van der Waals surface area contributed by atoms with Gasteiger partial charge in [-0.15, -0.1) is 0 Å². The number of aryl methyl sites for hydroxylation is 1. The minimum absolute atomic E-state index is 0.121. The highest BCUT2D eigenvalue weighted by atomic mass is 16.5. The zero-order chi connectivity index (χ0) is 12.5. The van der Waals surface area contributed by atoms with Crippen molar-refractivity contribution in [3.8, 4) is 0 Å². The van der Waals surface area contributed by atoms with Crippen molar-refractivity contribution in [3.05, 3.63) is 29.3 Å². The number of nitrogens with two attached hydrogens (primary N) is 1. The van der Waals surface area contributed by atoms with E-state index in [-0.39, 0.29) is 5.60 Å². The molecule has 1 saturated heterocycles. The summed E-state index contributed by atoms with van der Waals surface area (Å²) in [5.74, 6) is 0. The van der Waals surface area contributed by atoms with Crippen molar-refractivity contribution in [2.75, 3.05) is 33.0 Å². The molecule has 1 aliphatic rings. The molecule has 0 atom stereocenters. The van der Waals surface area contributed by atoms with Gasteiger partial charge in [0.2, 0.25) is 0 Å². The second-order valence-electron chi connectivity index (χ2n) is 5.08. The number of benzene rings is 1.